The zero-order valence-corrected chi connectivity index (χ0v) is 9.52. The molecule has 0 radical (unpaired) electrons. The van der Waals surface area contributed by atoms with Crippen molar-refractivity contribution in [1.82, 2.24) is 4.98 Å². The van der Waals surface area contributed by atoms with Crippen LogP contribution in [-0.2, 0) is 0 Å². The van der Waals surface area contributed by atoms with Crippen molar-refractivity contribution >= 4 is 22.8 Å². The quantitative estimate of drug-likeness (QED) is 0.701. The molecule has 0 bridgehead atoms. The summed E-state index contributed by atoms with van der Waals surface area (Å²) in [5, 5.41) is 0.990. The van der Waals surface area contributed by atoms with Gasteiger partial charge in [0.15, 0.2) is 11.4 Å². The van der Waals surface area contributed by atoms with Gasteiger partial charge in [0.2, 0.25) is 0 Å². The smallest absolute Gasteiger partial charge is 0.186 e. The Labute approximate surface area is 87.8 Å². The molecular formula is C10H14N2OS. The van der Waals surface area contributed by atoms with Crippen molar-refractivity contribution in [1.29, 1.82) is 0 Å². The van der Waals surface area contributed by atoms with Crippen molar-refractivity contribution in [2.75, 3.05) is 18.0 Å². The summed E-state index contributed by atoms with van der Waals surface area (Å²) in [6.07, 6.45) is 0.890. The first-order chi connectivity index (χ1) is 6.52. The van der Waals surface area contributed by atoms with Gasteiger partial charge in [0.1, 0.15) is 0 Å². The summed E-state index contributed by atoms with van der Waals surface area (Å²) in [4.78, 5) is 18.0. The Morgan fingerprint density at radius 3 is 2.57 bits per heavy atom. The van der Waals surface area contributed by atoms with E-state index in [1.165, 1.54) is 11.3 Å². The van der Waals surface area contributed by atoms with Crippen LogP contribution in [0.1, 0.15) is 29.2 Å². The molecule has 1 aliphatic heterocycles. The predicted octanol–water partition coefficient (Wildman–Crippen LogP) is 2.11. The highest BCUT2D eigenvalue weighted by molar-refractivity contribution is 7.17. The molecule has 1 aromatic rings. The normalized spacial score (nSPS) is 19.2. The number of thiazole rings is 1. The lowest BCUT2D eigenvalue weighted by molar-refractivity contribution is 0.112. The van der Waals surface area contributed by atoms with Crippen LogP contribution in [-0.4, -0.2) is 24.4 Å². The highest BCUT2D eigenvalue weighted by Gasteiger charge is 2.35. The van der Waals surface area contributed by atoms with Crippen molar-refractivity contribution in [2.24, 2.45) is 5.41 Å². The highest BCUT2D eigenvalue weighted by Crippen LogP contribution is 2.36. The van der Waals surface area contributed by atoms with Crippen LogP contribution in [0.2, 0.25) is 0 Å². The van der Waals surface area contributed by atoms with E-state index in [9.17, 15) is 4.79 Å². The van der Waals surface area contributed by atoms with E-state index in [-0.39, 0.29) is 0 Å². The molecule has 0 aliphatic carbocycles. The third-order valence-electron chi connectivity index (χ3n) is 2.44. The van der Waals surface area contributed by atoms with Crippen molar-refractivity contribution in [2.45, 2.75) is 20.8 Å². The number of aryl methyl sites for hydroxylation is 1. The number of carbonyl (C=O) groups excluding carboxylic acids is 1. The molecule has 0 spiro atoms. The Bertz CT molecular complexity index is 362. The fourth-order valence-corrected chi connectivity index (χ4v) is 2.64. The number of aromatic nitrogens is 1. The Kier molecular flexibility index (Phi) is 2.10. The minimum Gasteiger partial charge on any atom is -0.347 e. The van der Waals surface area contributed by atoms with Crippen LogP contribution < -0.4 is 4.90 Å². The molecule has 1 aromatic heterocycles. The number of hydrogen-bond donors (Lipinski definition) is 0. The Morgan fingerprint density at radius 2 is 2.14 bits per heavy atom. The molecular weight excluding hydrogens is 196 g/mol. The summed E-state index contributed by atoms with van der Waals surface area (Å²) in [5.74, 6) is 0. The van der Waals surface area contributed by atoms with Crippen LogP contribution in [0.15, 0.2) is 0 Å². The lowest BCUT2D eigenvalue weighted by atomic mass is 9.85. The van der Waals surface area contributed by atoms with Crippen molar-refractivity contribution in [3.63, 3.8) is 0 Å². The molecule has 0 aromatic carbocycles. The molecule has 1 saturated heterocycles. The van der Waals surface area contributed by atoms with E-state index >= 15 is 0 Å². The molecule has 0 N–H and O–H groups in total. The fourth-order valence-electron chi connectivity index (χ4n) is 1.76. The van der Waals surface area contributed by atoms with Crippen LogP contribution in [0.3, 0.4) is 0 Å². The Morgan fingerprint density at radius 1 is 1.50 bits per heavy atom. The summed E-state index contributed by atoms with van der Waals surface area (Å²) < 4.78 is 0. The average molecular weight is 210 g/mol. The maximum absolute atomic E-state index is 10.6. The van der Waals surface area contributed by atoms with E-state index in [4.69, 9.17) is 0 Å². The van der Waals surface area contributed by atoms with E-state index < -0.39 is 0 Å². The first-order valence-electron chi connectivity index (χ1n) is 4.69. The van der Waals surface area contributed by atoms with Crippen LogP contribution >= 0.6 is 11.3 Å². The zero-order chi connectivity index (χ0) is 10.3. The summed E-state index contributed by atoms with van der Waals surface area (Å²) in [6.45, 7) is 8.44. The Hall–Kier alpha value is -0.900. The summed E-state index contributed by atoms with van der Waals surface area (Å²) >= 11 is 1.49. The van der Waals surface area contributed by atoms with Crippen LogP contribution in [0.25, 0.3) is 0 Å². The molecule has 2 rings (SSSR count). The van der Waals surface area contributed by atoms with Crippen LogP contribution in [0.4, 0.5) is 5.13 Å². The van der Waals surface area contributed by atoms with Gasteiger partial charge in [0, 0.05) is 13.1 Å². The number of nitrogens with zero attached hydrogens (tertiary/aromatic N) is 2. The van der Waals surface area contributed by atoms with E-state index in [1.807, 2.05) is 6.92 Å². The number of carbonyl (C=O) groups is 1. The first-order valence-corrected chi connectivity index (χ1v) is 5.51. The van der Waals surface area contributed by atoms with E-state index in [2.05, 4.69) is 23.7 Å². The SMILES string of the molecule is Cc1nc(N2CC(C)(C)C2)sc1C=O. The second-order valence-electron chi connectivity index (χ2n) is 4.58. The van der Waals surface area contributed by atoms with Gasteiger partial charge in [-0.2, -0.15) is 0 Å². The largest absolute Gasteiger partial charge is 0.347 e. The number of aldehydes is 1. The first kappa shape index (κ1) is 9.65. The van der Waals surface area contributed by atoms with E-state index in [0.29, 0.717) is 5.41 Å². The second kappa shape index (κ2) is 3.05. The second-order valence-corrected chi connectivity index (χ2v) is 5.59. The fraction of sp³-hybridized carbons (Fsp3) is 0.600. The van der Waals surface area contributed by atoms with E-state index in [1.54, 1.807) is 0 Å². The van der Waals surface area contributed by atoms with Gasteiger partial charge in [0.25, 0.3) is 0 Å². The molecule has 3 nitrogen and oxygen atoms in total. The maximum Gasteiger partial charge on any atom is 0.186 e. The summed E-state index contributed by atoms with van der Waals surface area (Å²) in [6, 6.07) is 0. The van der Waals surface area contributed by atoms with Gasteiger partial charge in [-0.15, -0.1) is 0 Å². The standard InChI is InChI=1S/C10H14N2OS/c1-7-8(4-13)14-9(11-7)12-5-10(2,3)6-12/h4H,5-6H2,1-3H3. The number of rotatable bonds is 2. The molecule has 1 fully saturated rings. The molecule has 0 amide bonds. The average Bonchev–Trinajstić information content (AvgIpc) is 2.42. The van der Waals surface area contributed by atoms with Crippen molar-refractivity contribution < 1.29 is 4.79 Å². The molecule has 2 heterocycles. The molecule has 0 saturated carbocycles. The van der Waals surface area contributed by atoms with Gasteiger partial charge >= 0.3 is 0 Å². The van der Waals surface area contributed by atoms with Gasteiger partial charge in [-0.25, -0.2) is 4.98 Å². The lowest BCUT2D eigenvalue weighted by Gasteiger charge is -2.45. The van der Waals surface area contributed by atoms with Gasteiger partial charge in [-0.05, 0) is 12.3 Å². The minimum atomic E-state index is 0.404. The maximum atomic E-state index is 10.6. The third kappa shape index (κ3) is 1.54. The highest BCUT2D eigenvalue weighted by atomic mass is 32.1. The van der Waals surface area contributed by atoms with Gasteiger partial charge < -0.3 is 4.90 Å². The molecule has 0 unspecified atom stereocenters. The predicted molar refractivity (Wildman–Crippen MR) is 58.2 cm³/mol. The van der Waals surface area contributed by atoms with Gasteiger partial charge in [-0.1, -0.05) is 25.2 Å². The molecule has 1 aliphatic rings. The molecule has 76 valence electrons. The number of hydrogen-bond acceptors (Lipinski definition) is 4. The zero-order valence-electron chi connectivity index (χ0n) is 8.70. The molecule has 14 heavy (non-hydrogen) atoms. The lowest BCUT2D eigenvalue weighted by Crippen LogP contribution is -2.53. The summed E-state index contributed by atoms with van der Waals surface area (Å²) in [5.41, 5.74) is 1.26. The van der Waals surface area contributed by atoms with Gasteiger partial charge in [-0.3, -0.25) is 4.79 Å². The summed E-state index contributed by atoms with van der Waals surface area (Å²) in [7, 11) is 0. The van der Waals surface area contributed by atoms with Crippen molar-refractivity contribution in [3.05, 3.63) is 10.6 Å². The van der Waals surface area contributed by atoms with Crippen LogP contribution in [0.5, 0.6) is 0 Å². The molecule has 4 heteroatoms. The van der Waals surface area contributed by atoms with Crippen molar-refractivity contribution in [3.8, 4) is 0 Å². The van der Waals surface area contributed by atoms with Gasteiger partial charge in [0.05, 0.1) is 10.6 Å². The Balaban J connectivity index is 2.15. The van der Waals surface area contributed by atoms with E-state index in [0.717, 1.165) is 35.1 Å². The third-order valence-corrected chi connectivity index (χ3v) is 3.58. The monoisotopic (exact) mass is 210 g/mol. The topological polar surface area (TPSA) is 33.2 Å². The number of anilines is 1. The molecule has 0 atom stereocenters. The minimum absolute atomic E-state index is 0.404. The van der Waals surface area contributed by atoms with Crippen LogP contribution in [0, 0.1) is 12.3 Å².